The highest BCUT2D eigenvalue weighted by atomic mass is 79.9. The largest absolute Gasteiger partial charge is 0.311 e. The van der Waals surface area contributed by atoms with Crippen LogP contribution in [-0.4, -0.2) is 0 Å². The predicted molar refractivity (Wildman–Crippen MR) is 134 cm³/mol. The van der Waals surface area contributed by atoms with Gasteiger partial charge in [-0.15, -0.1) is 0 Å². The van der Waals surface area contributed by atoms with E-state index in [1.54, 1.807) is 0 Å². The van der Waals surface area contributed by atoms with Crippen molar-refractivity contribution in [3.63, 3.8) is 0 Å². The molecule has 4 heteroatoms. The molecule has 0 aromatic heterocycles. The van der Waals surface area contributed by atoms with Crippen LogP contribution in [0.4, 0.5) is 17.1 Å². The number of allylic oxidation sites excluding steroid dienone is 1. The number of anilines is 3. The fourth-order valence-corrected chi connectivity index (χ4v) is 3.77. The van der Waals surface area contributed by atoms with Gasteiger partial charge in [0, 0.05) is 21.5 Å². The summed E-state index contributed by atoms with van der Waals surface area (Å²) in [7, 11) is 0. The third-order valence-electron chi connectivity index (χ3n) is 5.02. The summed E-state index contributed by atoms with van der Waals surface area (Å²) in [5.41, 5.74) is 5.19. The molecule has 0 amide bonds. The molecule has 0 bridgehead atoms. The summed E-state index contributed by atoms with van der Waals surface area (Å²) in [4.78, 5) is 5.83. The lowest BCUT2D eigenvalue weighted by molar-refractivity contribution is 1.28. The van der Waals surface area contributed by atoms with Crippen molar-refractivity contribution >= 4 is 44.3 Å². The molecule has 152 valence electrons. The van der Waals surface area contributed by atoms with Crippen LogP contribution in [-0.2, 0) is 0 Å². The Labute approximate surface area is 196 Å². The highest BCUT2D eigenvalue weighted by molar-refractivity contribution is 9.10. The highest BCUT2D eigenvalue weighted by Crippen LogP contribution is 2.35. The van der Waals surface area contributed by atoms with Crippen LogP contribution in [0.3, 0.4) is 0 Å². The van der Waals surface area contributed by atoms with Crippen LogP contribution in [0.15, 0.2) is 114 Å². The second-order valence-corrected chi connectivity index (χ2v) is 7.92. The lowest BCUT2D eigenvalue weighted by Crippen LogP contribution is -2.09. The van der Waals surface area contributed by atoms with Crippen molar-refractivity contribution in [3.05, 3.63) is 136 Å². The maximum absolute atomic E-state index is 9.86. The molecule has 0 aliphatic heterocycles. The second-order valence-electron chi connectivity index (χ2n) is 7.01. The maximum Gasteiger partial charge on any atom is 0.212 e. The molecule has 32 heavy (non-hydrogen) atoms. The van der Waals surface area contributed by atoms with E-state index in [9.17, 15) is 5.26 Å². The van der Waals surface area contributed by atoms with Crippen LogP contribution >= 0.6 is 15.9 Å². The molecule has 4 aromatic carbocycles. The average molecular weight is 476 g/mol. The van der Waals surface area contributed by atoms with Gasteiger partial charge in [0.15, 0.2) is 0 Å². The van der Waals surface area contributed by atoms with Crippen LogP contribution in [0.2, 0.25) is 0 Å². The van der Waals surface area contributed by atoms with Crippen molar-refractivity contribution in [1.82, 2.24) is 0 Å². The van der Waals surface area contributed by atoms with Gasteiger partial charge in [-0.25, -0.2) is 4.85 Å². The number of nitrogens with zero attached hydrogens (tertiary/aromatic N) is 3. The van der Waals surface area contributed by atoms with E-state index in [1.165, 1.54) is 0 Å². The number of hydrogen-bond acceptors (Lipinski definition) is 2. The summed E-state index contributed by atoms with van der Waals surface area (Å²) in [6, 6.07) is 37.7. The maximum atomic E-state index is 9.86. The van der Waals surface area contributed by atoms with Crippen molar-refractivity contribution < 1.29 is 0 Å². The zero-order valence-corrected chi connectivity index (χ0v) is 18.7. The summed E-state index contributed by atoms with van der Waals surface area (Å²) < 4.78 is 0.926. The summed E-state index contributed by atoms with van der Waals surface area (Å²) >= 11 is 3.41. The molecule has 0 aliphatic carbocycles. The molecule has 0 atom stereocenters. The van der Waals surface area contributed by atoms with Crippen molar-refractivity contribution in [2.45, 2.75) is 0 Å². The zero-order valence-electron chi connectivity index (χ0n) is 17.1. The second kappa shape index (κ2) is 9.79. The van der Waals surface area contributed by atoms with Crippen molar-refractivity contribution in [3.8, 4) is 6.07 Å². The lowest BCUT2D eigenvalue weighted by Gasteiger charge is -2.25. The van der Waals surface area contributed by atoms with E-state index < -0.39 is 0 Å². The molecule has 0 unspecified atom stereocenters. The summed E-state index contributed by atoms with van der Waals surface area (Å²) in [5, 5.41) is 9.86. The molecular formula is C28H18BrN3. The number of para-hydroxylation sites is 2. The van der Waals surface area contributed by atoms with E-state index >= 15 is 0 Å². The van der Waals surface area contributed by atoms with E-state index in [0.29, 0.717) is 16.8 Å². The molecule has 0 fully saturated rings. The number of nitriles is 1. The van der Waals surface area contributed by atoms with Gasteiger partial charge in [-0.3, -0.25) is 0 Å². The minimum atomic E-state index is 0.343. The minimum absolute atomic E-state index is 0.343. The van der Waals surface area contributed by atoms with Crippen molar-refractivity contribution in [1.29, 1.82) is 5.26 Å². The first-order chi connectivity index (χ1) is 15.7. The van der Waals surface area contributed by atoms with Crippen molar-refractivity contribution in [2.75, 3.05) is 4.90 Å². The van der Waals surface area contributed by atoms with E-state index in [2.05, 4.69) is 56.0 Å². The normalized spacial score (nSPS) is 11.1. The molecule has 0 saturated heterocycles. The first-order valence-electron chi connectivity index (χ1n) is 9.99. The van der Waals surface area contributed by atoms with E-state index in [1.807, 2.05) is 84.9 Å². The van der Waals surface area contributed by atoms with Gasteiger partial charge in [0.1, 0.15) is 0 Å². The molecule has 0 spiro atoms. The lowest BCUT2D eigenvalue weighted by atomic mass is 10.00. The first kappa shape index (κ1) is 21.1. The zero-order chi connectivity index (χ0) is 22.3. The quantitative estimate of drug-likeness (QED) is 0.165. The van der Waals surface area contributed by atoms with Gasteiger partial charge in [0.25, 0.3) is 0 Å². The molecule has 0 N–H and O–H groups in total. The van der Waals surface area contributed by atoms with Crippen LogP contribution in [0.5, 0.6) is 0 Å². The molecule has 4 aromatic rings. The Morgan fingerprint density at radius 3 is 1.62 bits per heavy atom. The van der Waals surface area contributed by atoms with Gasteiger partial charge in [-0.05, 0) is 59.7 Å². The van der Waals surface area contributed by atoms with Crippen molar-refractivity contribution in [2.24, 2.45) is 0 Å². The molecule has 0 saturated carbocycles. The smallest absolute Gasteiger partial charge is 0.212 e. The Morgan fingerprint density at radius 1 is 0.688 bits per heavy atom. The van der Waals surface area contributed by atoms with E-state index in [0.717, 1.165) is 27.1 Å². The fraction of sp³-hybridized carbons (Fsp3) is 0. The SMILES string of the molecule is [C-]#[N+]/C(=C(/C#N)c1ccc(N(c2ccccc2)c2ccccc2)cc1)c1ccc(Br)cc1. The molecular weight excluding hydrogens is 458 g/mol. The van der Waals surface area contributed by atoms with Gasteiger partial charge in [0.05, 0.1) is 18.2 Å². The Hall–Kier alpha value is -4.12. The number of halogens is 1. The first-order valence-corrected chi connectivity index (χ1v) is 10.8. The Kier molecular flexibility index (Phi) is 6.46. The van der Waals surface area contributed by atoms with Gasteiger partial charge < -0.3 is 4.90 Å². The third-order valence-corrected chi connectivity index (χ3v) is 5.55. The minimum Gasteiger partial charge on any atom is -0.311 e. The predicted octanol–water partition coefficient (Wildman–Crippen LogP) is 8.23. The van der Waals surface area contributed by atoms with E-state index in [4.69, 9.17) is 6.57 Å². The fourth-order valence-electron chi connectivity index (χ4n) is 3.51. The summed E-state index contributed by atoms with van der Waals surface area (Å²) in [5.74, 6) is 0. The highest BCUT2D eigenvalue weighted by Gasteiger charge is 2.15. The van der Waals surface area contributed by atoms with Gasteiger partial charge in [0.2, 0.25) is 5.70 Å². The summed E-state index contributed by atoms with van der Waals surface area (Å²) in [6.07, 6.45) is 0. The molecule has 0 aliphatic rings. The van der Waals surface area contributed by atoms with Crippen LogP contribution < -0.4 is 4.90 Å². The van der Waals surface area contributed by atoms with Gasteiger partial charge >= 0.3 is 0 Å². The van der Waals surface area contributed by atoms with Crippen LogP contribution in [0.1, 0.15) is 11.1 Å². The Bertz CT molecular complexity index is 1270. The molecule has 0 radical (unpaired) electrons. The molecule has 3 nitrogen and oxygen atoms in total. The number of rotatable bonds is 5. The summed E-state index contributed by atoms with van der Waals surface area (Å²) in [6.45, 7) is 7.67. The average Bonchev–Trinajstić information content (AvgIpc) is 2.85. The molecule has 0 heterocycles. The van der Waals surface area contributed by atoms with Gasteiger partial charge in [-0.1, -0.05) is 76.6 Å². The number of benzene rings is 4. The number of hydrogen-bond donors (Lipinski definition) is 0. The van der Waals surface area contributed by atoms with Gasteiger partial charge in [-0.2, -0.15) is 5.26 Å². The monoisotopic (exact) mass is 475 g/mol. The standard InChI is InChI=1S/C28H18BrN3/c1-31-28(22-12-16-23(29)17-13-22)27(20-30)21-14-18-26(19-15-21)32(24-8-4-2-5-9-24)25-10-6-3-7-11-25/h2-19H/b28-27-. The molecule has 4 rings (SSSR count). The van der Waals surface area contributed by atoms with Crippen LogP contribution in [0, 0.1) is 17.9 Å². The van der Waals surface area contributed by atoms with Crippen LogP contribution in [0.25, 0.3) is 16.1 Å². The Morgan fingerprint density at radius 2 is 1.16 bits per heavy atom. The Balaban J connectivity index is 1.77. The van der Waals surface area contributed by atoms with E-state index in [-0.39, 0.29) is 0 Å². The topological polar surface area (TPSA) is 31.4 Å². The third kappa shape index (κ3) is 4.47.